The molecule has 1 heterocycles. The summed E-state index contributed by atoms with van der Waals surface area (Å²) in [6, 6.07) is 0. The van der Waals surface area contributed by atoms with Gasteiger partial charge in [-0.15, -0.1) is 0 Å². The van der Waals surface area contributed by atoms with Crippen LogP contribution in [-0.4, -0.2) is 15.1 Å². The van der Waals surface area contributed by atoms with E-state index in [0.29, 0.717) is 5.95 Å². The Hall–Kier alpha value is -1.12. The van der Waals surface area contributed by atoms with Crippen LogP contribution in [0.1, 0.15) is 5.56 Å². The van der Waals surface area contributed by atoms with Crippen LogP contribution in [0.3, 0.4) is 0 Å². The highest BCUT2D eigenvalue weighted by atomic mass is 32.1. The van der Waals surface area contributed by atoms with E-state index < -0.39 is 0 Å². The van der Waals surface area contributed by atoms with Crippen molar-refractivity contribution >= 4 is 23.3 Å². The molecule has 0 atom stereocenters. The molecule has 1 aromatic heterocycles. The SMILES string of the molecule is Cc1cnc(N=C=S)nc1. The van der Waals surface area contributed by atoms with Gasteiger partial charge in [0.25, 0.3) is 5.95 Å². The minimum absolute atomic E-state index is 0.362. The fraction of sp³-hybridized carbons (Fsp3) is 0.167. The van der Waals surface area contributed by atoms with Gasteiger partial charge in [-0.1, -0.05) is 0 Å². The molecule has 0 aromatic carbocycles. The second kappa shape index (κ2) is 3.15. The number of isothiocyanates is 1. The Morgan fingerprint density at radius 3 is 2.60 bits per heavy atom. The van der Waals surface area contributed by atoms with Gasteiger partial charge in [0.1, 0.15) is 0 Å². The number of aromatic nitrogens is 2. The predicted molar refractivity (Wildman–Crippen MR) is 41.5 cm³/mol. The monoisotopic (exact) mass is 151 g/mol. The van der Waals surface area contributed by atoms with Crippen LogP contribution in [0.15, 0.2) is 17.4 Å². The van der Waals surface area contributed by atoms with Gasteiger partial charge in [-0.25, -0.2) is 9.97 Å². The standard InChI is InChI=1S/C6H5N3S/c1-5-2-7-6(8-3-5)9-4-10/h2-3H,1H3. The van der Waals surface area contributed by atoms with Gasteiger partial charge < -0.3 is 0 Å². The fourth-order valence-corrected chi connectivity index (χ4v) is 0.566. The zero-order chi connectivity index (χ0) is 7.40. The van der Waals surface area contributed by atoms with Gasteiger partial charge in [0, 0.05) is 12.4 Å². The molecule has 0 spiro atoms. The summed E-state index contributed by atoms with van der Waals surface area (Å²) < 4.78 is 0. The molecule has 0 saturated carbocycles. The van der Waals surface area contributed by atoms with Crippen molar-refractivity contribution < 1.29 is 0 Å². The molecule has 0 aliphatic rings. The summed E-state index contributed by atoms with van der Waals surface area (Å²) in [5.41, 5.74) is 1.00. The fourth-order valence-electron chi connectivity index (χ4n) is 0.484. The van der Waals surface area contributed by atoms with E-state index in [1.54, 1.807) is 12.4 Å². The van der Waals surface area contributed by atoms with Crippen LogP contribution in [0, 0.1) is 6.92 Å². The predicted octanol–water partition coefficient (Wildman–Crippen LogP) is 1.52. The van der Waals surface area contributed by atoms with Crippen LogP contribution < -0.4 is 0 Å². The molecule has 0 unspecified atom stereocenters. The van der Waals surface area contributed by atoms with E-state index in [2.05, 4.69) is 32.3 Å². The van der Waals surface area contributed by atoms with Crippen molar-refractivity contribution in [3.05, 3.63) is 18.0 Å². The van der Waals surface area contributed by atoms with Gasteiger partial charge >= 0.3 is 0 Å². The molecule has 3 nitrogen and oxygen atoms in total. The van der Waals surface area contributed by atoms with E-state index in [1.165, 1.54) is 0 Å². The average molecular weight is 151 g/mol. The number of aliphatic imine (C=N–C) groups is 1. The van der Waals surface area contributed by atoms with E-state index in [9.17, 15) is 0 Å². The molecule has 0 amide bonds. The maximum absolute atomic E-state index is 4.37. The lowest BCUT2D eigenvalue weighted by Crippen LogP contribution is -1.80. The molecular formula is C6H5N3S. The lowest BCUT2D eigenvalue weighted by molar-refractivity contribution is 1.11. The number of thiocarbonyl (C=S) groups is 1. The van der Waals surface area contributed by atoms with Crippen LogP contribution in [0.25, 0.3) is 0 Å². The Kier molecular flexibility index (Phi) is 2.20. The van der Waals surface area contributed by atoms with E-state index in [-0.39, 0.29) is 0 Å². The van der Waals surface area contributed by atoms with Crippen molar-refractivity contribution in [2.24, 2.45) is 4.99 Å². The van der Waals surface area contributed by atoms with Crippen molar-refractivity contribution in [3.8, 4) is 0 Å². The molecule has 10 heavy (non-hydrogen) atoms. The van der Waals surface area contributed by atoms with Crippen LogP contribution in [0.4, 0.5) is 5.95 Å². The van der Waals surface area contributed by atoms with Crippen LogP contribution in [0.2, 0.25) is 0 Å². The largest absolute Gasteiger partial charge is 0.258 e. The number of aryl methyl sites for hydroxylation is 1. The van der Waals surface area contributed by atoms with Gasteiger partial charge in [-0.3, -0.25) is 0 Å². The topological polar surface area (TPSA) is 38.1 Å². The highest BCUT2D eigenvalue weighted by Crippen LogP contribution is 2.00. The van der Waals surface area contributed by atoms with Gasteiger partial charge in [0.2, 0.25) is 0 Å². The first kappa shape index (κ1) is 6.99. The summed E-state index contributed by atoms with van der Waals surface area (Å²) in [6.07, 6.45) is 3.36. The van der Waals surface area contributed by atoms with Gasteiger partial charge in [-0.2, -0.15) is 4.99 Å². The Labute approximate surface area is 63.9 Å². The molecule has 0 N–H and O–H groups in total. The van der Waals surface area contributed by atoms with Gasteiger partial charge in [-0.05, 0) is 24.7 Å². The van der Waals surface area contributed by atoms with Gasteiger partial charge in [0.15, 0.2) is 0 Å². The molecule has 0 aliphatic heterocycles. The molecule has 0 fully saturated rings. The summed E-state index contributed by atoms with van der Waals surface area (Å²) in [5.74, 6) is 0.362. The smallest absolute Gasteiger partial charge is 0.219 e. The van der Waals surface area contributed by atoms with Gasteiger partial charge in [0.05, 0.1) is 5.16 Å². The first-order chi connectivity index (χ1) is 4.83. The third kappa shape index (κ3) is 1.69. The van der Waals surface area contributed by atoms with E-state index in [0.717, 1.165) is 5.56 Å². The number of nitrogens with zero attached hydrogens (tertiary/aromatic N) is 3. The third-order valence-electron chi connectivity index (χ3n) is 0.913. The second-order valence-electron chi connectivity index (χ2n) is 1.76. The Balaban J connectivity index is 3.00. The molecule has 4 heteroatoms. The minimum atomic E-state index is 0.362. The molecule has 1 rings (SSSR count). The Bertz CT molecular complexity index is 261. The zero-order valence-corrected chi connectivity index (χ0v) is 6.22. The van der Waals surface area contributed by atoms with Crippen molar-refractivity contribution in [3.63, 3.8) is 0 Å². The summed E-state index contributed by atoms with van der Waals surface area (Å²) in [6.45, 7) is 1.91. The molecular weight excluding hydrogens is 146 g/mol. The second-order valence-corrected chi connectivity index (χ2v) is 1.95. The summed E-state index contributed by atoms with van der Waals surface area (Å²) in [7, 11) is 0. The van der Waals surface area contributed by atoms with Crippen molar-refractivity contribution in [2.75, 3.05) is 0 Å². The third-order valence-corrected chi connectivity index (χ3v) is 1.00. The van der Waals surface area contributed by atoms with Crippen molar-refractivity contribution in [1.29, 1.82) is 0 Å². The minimum Gasteiger partial charge on any atom is -0.219 e. The molecule has 50 valence electrons. The number of hydrogen-bond donors (Lipinski definition) is 0. The van der Waals surface area contributed by atoms with E-state index in [1.807, 2.05) is 6.92 Å². The summed E-state index contributed by atoms with van der Waals surface area (Å²) >= 11 is 4.37. The molecule has 0 saturated heterocycles. The number of rotatable bonds is 1. The maximum Gasteiger partial charge on any atom is 0.258 e. The Morgan fingerprint density at radius 2 is 2.10 bits per heavy atom. The Morgan fingerprint density at radius 1 is 1.50 bits per heavy atom. The quantitative estimate of drug-likeness (QED) is 0.451. The zero-order valence-electron chi connectivity index (χ0n) is 5.40. The van der Waals surface area contributed by atoms with Crippen LogP contribution >= 0.6 is 12.2 Å². The van der Waals surface area contributed by atoms with Crippen LogP contribution in [0.5, 0.6) is 0 Å². The highest BCUT2D eigenvalue weighted by molar-refractivity contribution is 7.78. The maximum atomic E-state index is 4.37. The molecule has 0 bridgehead atoms. The van der Waals surface area contributed by atoms with Crippen LogP contribution in [-0.2, 0) is 0 Å². The normalized spacial score (nSPS) is 8.50. The lowest BCUT2D eigenvalue weighted by Gasteiger charge is -1.88. The van der Waals surface area contributed by atoms with E-state index >= 15 is 0 Å². The first-order valence-electron chi connectivity index (χ1n) is 2.69. The highest BCUT2D eigenvalue weighted by Gasteiger charge is 1.87. The molecule has 1 aromatic rings. The number of hydrogen-bond acceptors (Lipinski definition) is 4. The lowest BCUT2D eigenvalue weighted by atomic mass is 10.4. The van der Waals surface area contributed by atoms with E-state index in [4.69, 9.17) is 0 Å². The first-order valence-corrected chi connectivity index (χ1v) is 3.10. The average Bonchev–Trinajstić information content (AvgIpc) is 1.95. The molecule has 0 radical (unpaired) electrons. The van der Waals surface area contributed by atoms with Crippen molar-refractivity contribution in [1.82, 2.24) is 9.97 Å². The summed E-state index contributed by atoms with van der Waals surface area (Å²) in [4.78, 5) is 11.3. The van der Waals surface area contributed by atoms with Crippen molar-refractivity contribution in [2.45, 2.75) is 6.92 Å². The summed E-state index contributed by atoms with van der Waals surface area (Å²) in [5, 5.41) is 2.19. The molecule has 0 aliphatic carbocycles.